The Bertz CT molecular complexity index is 634. The van der Waals surface area contributed by atoms with E-state index in [1.165, 1.54) is 13.4 Å². The molecule has 0 heterocycles. The fraction of sp³-hybridized carbons (Fsp3) is 0.308. The predicted octanol–water partition coefficient (Wildman–Crippen LogP) is -1.99. The maximum Gasteiger partial charge on any atom is -0.438 e. The van der Waals surface area contributed by atoms with Gasteiger partial charge < -0.3 is 38.6 Å². The van der Waals surface area contributed by atoms with Crippen LogP contribution in [0, 0.1) is 5.41 Å². The molecule has 0 unspecified atom stereocenters. The zero-order valence-electron chi connectivity index (χ0n) is 22.0. The van der Waals surface area contributed by atoms with Gasteiger partial charge >= 0.3 is 135 Å². The topological polar surface area (TPSA) is 232 Å². The van der Waals surface area contributed by atoms with Crippen molar-refractivity contribution in [1.82, 2.24) is 0 Å². The Labute approximate surface area is 274 Å². The molecule has 0 atom stereocenters. The molecule has 12 nitrogen and oxygen atoms in total. The largest absolute Gasteiger partial charge is 0.854 e. The van der Waals surface area contributed by atoms with Crippen LogP contribution in [-0.2, 0) is 76.8 Å². The second-order valence-corrected chi connectivity index (χ2v) is 8.97. The van der Waals surface area contributed by atoms with Gasteiger partial charge in [0.1, 0.15) is 0 Å². The summed E-state index contributed by atoms with van der Waals surface area (Å²) in [5, 5.41) is 25.4. The van der Waals surface area contributed by atoms with E-state index in [-0.39, 0.29) is 19.8 Å². The van der Waals surface area contributed by atoms with Crippen LogP contribution in [0.5, 0.6) is 0 Å². The van der Waals surface area contributed by atoms with Crippen molar-refractivity contribution in [2.24, 2.45) is 5.41 Å². The maximum atomic E-state index is 8.48. The van der Waals surface area contributed by atoms with E-state index in [1.54, 1.807) is 6.92 Å². The van der Waals surface area contributed by atoms with Crippen LogP contribution < -0.4 is 14.7 Å². The third-order valence-corrected chi connectivity index (χ3v) is 4.64. The van der Waals surface area contributed by atoms with Crippen molar-refractivity contribution in [3.63, 3.8) is 0 Å². The summed E-state index contributed by atoms with van der Waals surface area (Å²) in [5.74, 6) is 0. The predicted molar refractivity (Wildman–Crippen MR) is 136 cm³/mol. The molecule has 42 heavy (non-hydrogen) atoms. The van der Waals surface area contributed by atoms with Crippen LogP contribution in [0.1, 0.15) is 26.2 Å². The van der Waals surface area contributed by atoms with Gasteiger partial charge in [-0.15, -0.1) is 0 Å². The number of allylic oxidation sites excluding steroid dienone is 12. The minimum Gasteiger partial charge on any atom is -0.854 e. The monoisotopic (exact) mass is 727 g/mol. The molecule has 0 spiro atoms. The van der Waals surface area contributed by atoms with Gasteiger partial charge in [0.05, 0.1) is 19.8 Å². The molecule has 0 saturated heterocycles. The molecular formula is C26H27Mn3O12P. The van der Waals surface area contributed by atoms with Crippen molar-refractivity contribution in [3.8, 4) is 0 Å². The van der Waals surface area contributed by atoms with Crippen molar-refractivity contribution in [3.05, 3.63) is 68.1 Å². The third kappa shape index (κ3) is 66.5. The van der Waals surface area contributed by atoms with Gasteiger partial charge in [0, 0.05) is 5.41 Å². The summed E-state index contributed by atoms with van der Waals surface area (Å²) in [4.78, 5) is 70.4. The fourth-order valence-corrected chi connectivity index (χ4v) is 2.17. The standard InChI is InChI=1S/C5H12O3.3C5H5.6CO.3Mn.O3P/c1-5(2-6,3-7)4-8;3*1-2-4-5-3-1;6*1-2;;;;1-4(2)3/h6-8H,2-4H2,1H3;3*1-3H,4H2;;;;;;;;;;/q;;;;;;;;;;3*+1;-3. The van der Waals surface area contributed by atoms with E-state index in [1.807, 2.05) is 18.2 Å². The van der Waals surface area contributed by atoms with E-state index in [0.717, 1.165) is 19.3 Å². The molecule has 0 aromatic rings. The Balaban J connectivity index is -0.0000000530. The molecule has 0 aliphatic heterocycles. The van der Waals surface area contributed by atoms with Crippen LogP contribution in [0.4, 0.5) is 0 Å². The van der Waals surface area contributed by atoms with Crippen molar-refractivity contribution in [2.45, 2.75) is 26.2 Å². The molecule has 229 valence electrons. The Morgan fingerprint density at radius 1 is 0.595 bits per heavy atom. The Hall–Kier alpha value is -1.79. The first-order chi connectivity index (χ1) is 20.1. The van der Waals surface area contributed by atoms with Crippen LogP contribution in [0.15, 0.2) is 68.1 Å². The summed E-state index contributed by atoms with van der Waals surface area (Å²) in [5.41, 5.74) is -0.708. The summed E-state index contributed by atoms with van der Waals surface area (Å²) in [6.07, 6.45) is 21.9. The first kappa shape index (κ1) is 59.6. The van der Waals surface area contributed by atoms with E-state index >= 15 is 0 Å². The zero-order chi connectivity index (χ0) is 35.4. The van der Waals surface area contributed by atoms with Gasteiger partial charge in [-0.05, 0) is 0 Å². The number of aliphatic hydroxyl groups is 3. The first-order valence-electron chi connectivity index (χ1n) is 10.0. The number of aliphatic hydroxyl groups excluding tert-OH is 3. The van der Waals surface area contributed by atoms with Gasteiger partial charge in [0.2, 0.25) is 0 Å². The van der Waals surface area contributed by atoms with Gasteiger partial charge in [-0.1, -0.05) is 6.92 Å². The summed E-state index contributed by atoms with van der Waals surface area (Å²) < 4.78 is 3.84. The number of carbonyl (C=O) groups excluding carboxylic acids is 6. The van der Waals surface area contributed by atoms with Crippen molar-refractivity contribution in [1.29, 1.82) is 0 Å². The third-order valence-electron chi connectivity index (χ3n) is 3.32. The molecule has 0 aromatic carbocycles. The van der Waals surface area contributed by atoms with E-state index in [9.17, 15) is 0 Å². The molecule has 12 radical (unpaired) electrons. The van der Waals surface area contributed by atoms with Gasteiger partial charge in [-0.25, -0.2) is 0 Å². The fourth-order valence-electron chi connectivity index (χ4n) is 1.41. The Morgan fingerprint density at radius 2 is 0.762 bits per heavy atom. The van der Waals surface area contributed by atoms with E-state index < -0.39 is 14.0 Å². The van der Waals surface area contributed by atoms with E-state index in [4.69, 9.17) is 58.8 Å². The minimum absolute atomic E-state index is 0.181. The minimum atomic E-state index is -3.37. The van der Waals surface area contributed by atoms with Crippen LogP contribution in [0.3, 0.4) is 0 Å². The summed E-state index contributed by atoms with van der Waals surface area (Å²) in [6, 6.07) is 0. The number of hydrogen-bond acceptors (Lipinski definition) is 12. The molecule has 0 saturated carbocycles. The van der Waals surface area contributed by atoms with Gasteiger partial charge in [0.25, 0.3) is 40.7 Å². The molecule has 3 aliphatic carbocycles. The smallest absolute Gasteiger partial charge is 0.438 e. The maximum absolute atomic E-state index is 8.48. The molecule has 3 rings (SSSR count). The molecule has 0 amide bonds. The molecule has 3 aliphatic rings. The van der Waals surface area contributed by atoms with Crippen molar-refractivity contribution < 1.29 is 107 Å². The molecule has 0 bridgehead atoms. The van der Waals surface area contributed by atoms with Gasteiger partial charge in [0.15, 0.2) is 0 Å². The summed E-state index contributed by atoms with van der Waals surface area (Å²) >= 11 is 10.0. The van der Waals surface area contributed by atoms with Crippen LogP contribution in [0.2, 0.25) is 0 Å². The Kier molecular flexibility index (Phi) is 83.4. The normalized spacial score (nSPS) is 11.6. The van der Waals surface area contributed by atoms with Crippen LogP contribution >= 0.6 is 8.60 Å². The van der Waals surface area contributed by atoms with E-state index in [0.29, 0.717) is 0 Å². The average Bonchev–Trinajstić information content (AvgIpc) is 3.85. The van der Waals surface area contributed by atoms with E-state index in [2.05, 4.69) is 125 Å². The van der Waals surface area contributed by atoms with Crippen LogP contribution in [0.25, 0.3) is 0 Å². The van der Waals surface area contributed by atoms with Crippen molar-refractivity contribution in [2.75, 3.05) is 19.8 Å². The summed E-state index contributed by atoms with van der Waals surface area (Å²) in [6.45, 7) is 28.1. The quantitative estimate of drug-likeness (QED) is 0.212. The molecule has 0 aromatic heterocycles. The average molecular weight is 727 g/mol. The first-order valence-corrected chi connectivity index (χ1v) is 12.9. The van der Waals surface area contributed by atoms with Crippen LogP contribution in [-0.4, -0.2) is 75.9 Å². The molecular weight excluding hydrogens is 700 g/mol. The second-order valence-electron chi connectivity index (χ2n) is 6.25. The SMILES string of the molecule is CC(CO)(CO)CO.[C]=O.[C]=O.[C]=O.[C]=O.[C]=O.[C]=O.[Mn+][C]1=CC=CC1.[Mn+][C]1=CC=CC1.[Mn+][C]1=CC=CC1.[O-]P([O-])[O-]. The van der Waals surface area contributed by atoms with Gasteiger partial charge in [-0.2, -0.15) is 0 Å². The summed E-state index contributed by atoms with van der Waals surface area (Å²) in [7, 11) is -3.37. The zero-order valence-corrected chi connectivity index (χ0v) is 26.5. The Morgan fingerprint density at radius 3 is 0.786 bits per heavy atom. The molecule has 0 fully saturated rings. The number of hydrogen-bond donors (Lipinski definition) is 3. The van der Waals surface area contributed by atoms with Gasteiger partial charge in [-0.3, -0.25) is 28.8 Å². The molecule has 3 N–H and O–H groups in total. The van der Waals surface area contributed by atoms with Crippen molar-refractivity contribution >= 4 is 49.3 Å². The second kappa shape index (κ2) is 58.8. The number of rotatable bonds is 3. The molecule has 16 heteroatoms.